The highest BCUT2D eigenvalue weighted by Crippen LogP contribution is 2.48. The molecule has 0 fully saturated rings. The van der Waals surface area contributed by atoms with Crippen LogP contribution in [0.2, 0.25) is 0 Å². The Labute approximate surface area is 130 Å². The summed E-state index contributed by atoms with van der Waals surface area (Å²) in [5.41, 5.74) is 0.913. The molecule has 0 spiro atoms. The first kappa shape index (κ1) is 14.4. The van der Waals surface area contributed by atoms with Gasteiger partial charge in [-0.2, -0.15) is 0 Å². The number of nitro benzene ring substituents is 1. The molecule has 0 saturated carbocycles. The number of carbonyl (C=O) groups excluding carboxylic acids is 1. The number of nitrogens with zero attached hydrogens (tertiary/aromatic N) is 1. The van der Waals surface area contributed by atoms with Crippen LogP contribution < -0.4 is 10.1 Å². The second-order valence-corrected chi connectivity index (χ2v) is 5.82. The summed E-state index contributed by atoms with van der Waals surface area (Å²) in [6, 6.07) is 12.3. The van der Waals surface area contributed by atoms with Crippen molar-refractivity contribution in [3.63, 3.8) is 0 Å². The fourth-order valence-electron chi connectivity index (χ4n) is 2.27. The number of nitrogens with one attached hydrogen (secondary N) is 1. The Morgan fingerprint density at radius 3 is 2.64 bits per heavy atom. The molecule has 0 bridgehead atoms. The number of amides is 1. The number of rotatable bonds is 3. The van der Waals surface area contributed by atoms with Crippen LogP contribution in [-0.2, 0) is 4.79 Å². The molecular weight excluding hydrogens is 304 g/mol. The van der Waals surface area contributed by atoms with E-state index in [-0.39, 0.29) is 17.3 Å². The second-order valence-electron chi connectivity index (χ2n) is 4.67. The summed E-state index contributed by atoms with van der Waals surface area (Å²) in [5.74, 6) is 0.123. The highest BCUT2D eigenvalue weighted by atomic mass is 32.2. The summed E-state index contributed by atoms with van der Waals surface area (Å²) in [4.78, 5) is 23.6. The lowest BCUT2D eigenvalue weighted by Gasteiger charge is -2.24. The van der Waals surface area contributed by atoms with Gasteiger partial charge in [-0.15, -0.1) is 11.8 Å². The third-order valence-electron chi connectivity index (χ3n) is 3.32. The van der Waals surface area contributed by atoms with Crippen molar-refractivity contribution >= 4 is 29.0 Å². The quantitative estimate of drug-likeness (QED) is 0.693. The molecule has 1 atom stereocenters. The molecule has 6 nitrogen and oxygen atoms in total. The first-order valence-electron chi connectivity index (χ1n) is 6.49. The predicted molar refractivity (Wildman–Crippen MR) is 83.3 cm³/mol. The van der Waals surface area contributed by atoms with Gasteiger partial charge in [-0.1, -0.05) is 30.3 Å². The van der Waals surface area contributed by atoms with Crippen molar-refractivity contribution in [2.75, 3.05) is 12.4 Å². The average Bonchev–Trinajstić information content (AvgIpc) is 2.54. The fourth-order valence-corrected chi connectivity index (χ4v) is 3.44. The molecule has 22 heavy (non-hydrogen) atoms. The van der Waals surface area contributed by atoms with Crippen molar-refractivity contribution < 1.29 is 14.5 Å². The SMILES string of the molecule is COc1cc2c(c([N+](=O)[O-])c1)NC(=O)C(c1ccccc1)S2. The van der Waals surface area contributed by atoms with Gasteiger partial charge >= 0.3 is 0 Å². The number of nitro groups is 1. The Bertz CT molecular complexity index is 749. The molecule has 0 saturated heterocycles. The number of hydrogen-bond acceptors (Lipinski definition) is 5. The molecule has 0 aliphatic carbocycles. The van der Waals surface area contributed by atoms with E-state index < -0.39 is 10.2 Å². The zero-order valence-electron chi connectivity index (χ0n) is 11.6. The lowest BCUT2D eigenvalue weighted by Crippen LogP contribution is -2.23. The maximum absolute atomic E-state index is 12.3. The Kier molecular flexibility index (Phi) is 3.72. The molecule has 1 aliphatic heterocycles. The van der Waals surface area contributed by atoms with Crippen LogP contribution in [-0.4, -0.2) is 17.9 Å². The molecule has 0 aromatic heterocycles. The number of benzene rings is 2. The number of fused-ring (bicyclic) bond motifs is 1. The fraction of sp³-hybridized carbons (Fsp3) is 0.133. The molecule has 1 unspecified atom stereocenters. The van der Waals surface area contributed by atoms with Crippen molar-refractivity contribution in [1.29, 1.82) is 0 Å². The molecule has 1 N–H and O–H groups in total. The third-order valence-corrected chi connectivity index (χ3v) is 4.62. The number of thioether (sulfide) groups is 1. The van der Waals surface area contributed by atoms with E-state index in [0.29, 0.717) is 10.6 Å². The third kappa shape index (κ3) is 2.50. The van der Waals surface area contributed by atoms with Crippen LogP contribution in [0.4, 0.5) is 11.4 Å². The van der Waals surface area contributed by atoms with Gasteiger partial charge in [-0.05, 0) is 11.6 Å². The predicted octanol–water partition coefficient (Wildman–Crippen LogP) is 3.39. The topological polar surface area (TPSA) is 81.5 Å². The van der Waals surface area contributed by atoms with Crippen LogP contribution in [0.25, 0.3) is 0 Å². The molecule has 1 heterocycles. The van der Waals surface area contributed by atoms with E-state index in [1.54, 1.807) is 6.07 Å². The highest BCUT2D eigenvalue weighted by Gasteiger charge is 2.33. The van der Waals surface area contributed by atoms with Crippen LogP contribution in [0.15, 0.2) is 47.4 Å². The number of carbonyl (C=O) groups is 1. The van der Waals surface area contributed by atoms with Crippen molar-refractivity contribution in [2.45, 2.75) is 10.1 Å². The lowest BCUT2D eigenvalue weighted by atomic mass is 10.1. The molecule has 7 heteroatoms. The summed E-state index contributed by atoms with van der Waals surface area (Å²) in [7, 11) is 1.45. The average molecular weight is 316 g/mol. The van der Waals surface area contributed by atoms with E-state index >= 15 is 0 Å². The minimum Gasteiger partial charge on any atom is -0.496 e. The van der Waals surface area contributed by atoms with Gasteiger partial charge in [-0.3, -0.25) is 14.9 Å². The molecular formula is C15H12N2O4S. The van der Waals surface area contributed by atoms with Gasteiger partial charge in [0.05, 0.1) is 18.1 Å². The highest BCUT2D eigenvalue weighted by molar-refractivity contribution is 8.00. The first-order chi connectivity index (χ1) is 10.6. The van der Waals surface area contributed by atoms with Gasteiger partial charge in [0.1, 0.15) is 16.7 Å². The first-order valence-corrected chi connectivity index (χ1v) is 7.37. The van der Waals surface area contributed by atoms with Crippen LogP contribution in [0.5, 0.6) is 5.75 Å². The Morgan fingerprint density at radius 1 is 1.27 bits per heavy atom. The summed E-state index contributed by atoms with van der Waals surface area (Å²) in [6.45, 7) is 0. The number of ether oxygens (including phenoxy) is 1. The minimum absolute atomic E-state index is 0.165. The Morgan fingerprint density at radius 2 is 2.00 bits per heavy atom. The van der Waals surface area contributed by atoms with Crippen molar-refractivity contribution in [3.05, 3.63) is 58.1 Å². The summed E-state index contributed by atoms with van der Waals surface area (Å²) >= 11 is 1.28. The maximum Gasteiger partial charge on any atom is 0.297 e. The molecule has 0 radical (unpaired) electrons. The Balaban J connectivity index is 2.07. The van der Waals surface area contributed by atoms with E-state index in [2.05, 4.69) is 5.32 Å². The van der Waals surface area contributed by atoms with Gasteiger partial charge in [0, 0.05) is 4.90 Å². The smallest absolute Gasteiger partial charge is 0.297 e. The van der Waals surface area contributed by atoms with Gasteiger partial charge in [0.15, 0.2) is 0 Å². The van der Waals surface area contributed by atoms with Gasteiger partial charge in [0.2, 0.25) is 5.91 Å². The number of methoxy groups -OCH3 is 1. The molecule has 112 valence electrons. The zero-order chi connectivity index (χ0) is 15.7. The molecule has 2 aromatic carbocycles. The van der Waals surface area contributed by atoms with Crippen LogP contribution in [0.1, 0.15) is 10.8 Å². The Hall–Kier alpha value is -2.54. The lowest BCUT2D eigenvalue weighted by molar-refractivity contribution is -0.384. The van der Waals surface area contributed by atoms with E-state index in [9.17, 15) is 14.9 Å². The second kappa shape index (κ2) is 5.69. The van der Waals surface area contributed by atoms with E-state index in [0.717, 1.165) is 5.56 Å². The van der Waals surface area contributed by atoms with E-state index in [1.165, 1.54) is 24.9 Å². The number of anilines is 1. The minimum atomic E-state index is -0.523. The van der Waals surface area contributed by atoms with Crippen LogP contribution in [0, 0.1) is 10.1 Å². The van der Waals surface area contributed by atoms with E-state index in [1.807, 2.05) is 30.3 Å². The maximum atomic E-state index is 12.3. The molecule has 1 amide bonds. The monoisotopic (exact) mass is 316 g/mol. The van der Waals surface area contributed by atoms with Crippen molar-refractivity contribution in [2.24, 2.45) is 0 Å². The summed E-state index contributed by atoms with van der Waals surface area (Å²) in [5, 5.41) is 13.4. The van der Waals surface area contributed by atoms with Gasteiger partial charge in [-0.25, -0.2) is 0 Å². The van der Waals surface area contributed by atoms with Crippen LogP contribution in [0.3, 0.4) is 0 Å². The van der Waals surface area contributed by atoms with Crippen molar-refractivity contribution in [1.82, 2.24) is 0 Å². The normalized spacial score (nSPS) is 16.6. The van der Waals surface area contributed by atoms with Gasteiger partial charge in [0.25, 0.3) is 5.69 Å². The summed E-state index contributed by atoms with van der Waals surface area (Å²) < 4.78 is 5.11. The molecule has 1 aliphatic rings. The zero-order valence-corrected chi connectivity index (χ0v) is 12.4. The van der Waals surface area contributed by atoms with Crippen LogP contribution >= 0.6 is 11.8 Å². The number of hydrogen-bond donors (Lipinski definition) is 1. The molecule has 2 aromatic rings. The van der Waals surface area contributed by atoms with E-state index in [4.69, 9.17) is 4.74 Å². The standard InChI is InChI=1S/C15H12N2O4S/c1-21-10-7-11(17(19)20)13-12(8-10)22-14(15(18)16-13)9-5-3-2-4-6-9/h2-8,14H,1H3,(H,16,18). The summed E-state index contributed by atoms with van der Waals surface area (Å²) in [6.07, 6.45) is 0. The molecule has 3 rings (SSSR count). The van der Waals surface area contributed by atoms with Gasteiger partial charge < -0.3 is 10.1 Å². The largest absolute Gasteiger partial charge is 0.496 e. The van der Waals surface area contributed by atoms with Crippen molar-refractivity contribution in [3.8, 4) is 5.75 Å².